The first-order chi connectivity index (χ1) is 19.4. The second-order valence-corrected chi connectivity index (χ2v) is 10.6. The molecule has 1 amide bonds. The molecule has 4 aromatic rings. The van der Waals surface area contributed by atoms with Crippen molar-refractivity contribution in [3.05, 3.63) is 82.7 Å². The van der Waals surface area contributed by atoms with Gasteiger partial charge >= 0.3 is 0 Å². The van der Waals surface area contributed by atoms with E-state index >= 15 is 4.39 Å². The Kier molecular flexibility index (Phi) is 7.45. The third-order valence-corrected chi connectivity index (χ3v) is 7.23. The molecule has 1 saturated heterocycles. The molecule has 1 fully saturated rings. The van der Waals surface area contributed by atoms with Crippen molar-refractivity contribution in [1.29, 1.82) is 0 Å². The van der Waals surface area contributed by atoms with Crippen molar-refractivity contribution in [1.82, 2.24) is 20.5 Å². The fourth-order valence-corrected chi connectivity index (χ4v) is 5.01. The summed E-state index contributed by atoms with van der Waals surface area (Å²) in [6.07, 6.45) is -0.874. The first-order valence-electron chi connectivity index (χ1n) is 13.0. The van der Waals surface area contributed by atoms with Gasteiger partial charge in [0.1, 0.15) is 22.8 Å². The van der Waals surface area contributed by atoms with Crippen LogP contribution in [-0.2, 0) is 15.9 Å². The van der Waals surface area contributed by atoms with Crippen LogP contribution in [0, 0.1) is 18.6 Å². The minimum atomic E-state index is -1.63. The molecule has 0 unspecified atom stereocenters. The largest absolute Gasteiger partial charge is 0.494 e. The maximum atomic E-state index is 15.7. The molecule has 0 aliphatic carbocycles. The summed E-state index contributed by atoms with van der Waals surface area (Å²) >= 11 is 0. The van der Waals surface area contributed by atoms with Gasteiger partial charge in [-0.3, -0.25) is 4.79 Å². The predicted molar refractivity (Wildman–Crippen MR) is 146 cm³/mol. The Morgan fingerprint density at radius 1 is 1.17 bits per heavy atom. The van der Waals surface area contributed by atoms with Crippen LogP contribution in [0.3, 0.4) is 0 Å². The molecule has 3 heterocycles. The van der Waals surface area contributed by atoms with Gasteiger partial charge in [-0.1, -0.05) is 0 Å². The lowest BCUT2D eigenvalue weighted by Gasteiger charge is -2.33. The zero-order valence-electron chi connectivity index (χ0n) is 23.0. The SMILES string of the molecule is COc1cc(C(=O)NC[C@]2(c3cc(C(C)(C)O)c(F)c(-c4ccc(F)cc4)n3)OCC[C@H]2O)cc2cc(C)nnc12. The summed E-state index contributed by atoms with van der Waals surface area (Å²) in [4.78, 5) is 17.9. The van der Waals surface area contributed by atoms with E-state index < -0.39 is 34.8 Å². The molecule has 0 saturated carbocycles. The number of methoxy groups -OCH3 is 1. The number of amides is 1. The molecule has 9 nitrogen and oxygen atoms in total. The molecular formula is C30H30F2N4O5. The third kappa shape index (κ3) is 5.35. The molecule has 41 heavy (non-hydrogen) atoms. The lowest BCUT2D eigenvalue weighted by molar-refractivity contribution is -0.0634. The predicted octanol–water partition coefficient (Wildman–Crippen LogP) is 3.92. The Balaban J connectivity index is 1.56. The topological polar surface area (TPSA) is 127 Å². The van der Waals surface area contributed by atoms with Crippen LogP contribution in [0.5, 0.6) is 5.75 Å². The van der Waals surface area contributed by atoms with Crippen molar-refractivity contribution < 1.29 is 33.3 Å². The number of benzene rings is 2. The molecule has 214 valence electrons. The molecule has 2 aromatic heterocycles. The summed E-state index contributed by atoms with van der Waals surface area (Å²) in [7, 11) is 1.47. The molecule has 0 bridgehead atoms. The van der Waals surface area contributed by atoms with E-state index in [1.165, 1.54) is 57.4 Å². The number of fused-ring (bicyclic) bond motifs is 1. The van der Waals surface area contributed by atoms with E-state index in [4.69, 9.17) is 9.47 Å². The number of nitrogens with one attached hydrogen (secondary N) is 1. The number of ether oxygens (including phenoxy) is 2. The Bertz CT molecular complexity index is 1620. The fourth-order valence-electron chi connectivity index (χ4n) is 5.01. The Labute approximate surface area is 235 Å². The fraction of sp³-hybridized carbons (Fsp3) is 0.333. The minimum absolute atomic E-state index is 0.0917. The Hall–Kier alpha value is -4.06. The van der Waals surface area contributed by atoms with Gasteiger partial charge in [0, 0.05) is 28.5 Å². The van der Waals surface area contributed by atoms with Gasteiger partial charge < -0.3 is 25.0 Å². The van der Waals surface area contributed by atoms with Crippen molar-refractivity contribution in [2.45, 2.75) is 44.5 Å². The van der Waals surface area contributed by atoms with Gasteiger partial charge in [-0.05, 0) is 69.3 Å². The Morgan fingerprint density at radius 2 is 1.90 bits per heavy atom. The standard InChI is InChI=1S/C30H30F2N4O5/c1-16-11-18-12-19(13-22(40-4)26(18)36-35-16)28(38)33-15-30(24(37)9-10-41-30)23-14-21(29(2,3)39)25(32)27(34-23)17-5-7-20(31)8-6-17/h5-8,11-14,24,37,39H,9-10,15H2,1-4H3,(H,33,38)/t24-,30-/m1/s1. The van der Waals surface area contributed by atoms with Crippen LogP contribution in [0.15, 0.2) is 48.5 Å². The van der Waals surface area contributed by atoms with Crippen LogP contribution in [0.4, 0.5) is 8.78 Å². The number of aryl methyl sites for hydroxylation is 1. The number of pyridine rings is 1. The highest BCUT2D eigenvalue weighted by molar-refractivity contribution is 5.99. The van der Waals surface area contributed by atoms with E-state index in [2.05, 4.69) is 20.5 Å². The molecule has 2 aromatic carbocycles. The molecular weight excluding hydrogens is 534 g/mol. The van der Waals surface area contributed by atoms with Gasteiger partial charge in [0.25, 0.3) is 5.91 Å². The van der Waals surface area contributed by atoms with Gasteiger partial charge in [-0.2, -0.15) is 5.10 Å². The van der Waals surface area contributed by atoms with Crippen LogP contribution in [-0.4, -0.2) is 57.7 Å². The molecule has 0 spiro atoms. The molecule has 0 radical (unpaired) electrons. The maximum Gasteiger partial charge on any atom is 0.251 e. The van der Waals surface area contributed by atoms with Gasteiger partial charge in [0.15, 0.2) is 11.4 Å². The monoisotopic (exact) mass is 564 g/mol. The van der Waals surface area contributed by atoms with Crippen molar-refractivity contribution in [2.75, 3.05) is 20.3 Å². The molecule has 5 rings (SSSR count). The average Bonchev–Trinajstić information content (AvgIpc) is 3.31. The second-order valence-electron chi connectivity index (χ2n) is 10.6. The minimum Gasteiger partial charge on any atom is -0.494 e. The van der Waals surface area contributed by atoms with Crippen LogP contribution in [0.1, 0.15) is 47.6 Å². The molecule has 1 aliphatic rings. The van der Waals surface area contributed by atoms with Gasteiger partial charge in [-0.15, -0.1) is 5.10 Å². The summed E-state index contributed by atoms with van der Waals surface area (Å²) in [6.45, 7) is 4.56. The van der Waals surface area contributed by atoms with Crippen molar-refractivity contribution in [3.63, 3.8) is 0 Å². The summed E-state index contributed by atoms with van der Waals surface area (Å²) in [5, 5.41) is 33.6. The smallest absolute Gasteiger partial charge is 0.251 e. The highest BCUT2D eigenvalue weighted by atomic mass is 19.1. The van der Waals surface area contributed by atoms with E-state index in [9.17, 15) is 19.4 Å². The quantitative estimate of drug-likeness (QED) is 0.308. The number of carbonyl (C=O) groups is 1. The van der Waals surface area contributed by atoms with Crippen LogP contribution < -0.4 is 10.1 Å². The number of hydrogen-bond acceptors (Lipinski definition) is 8. The summed E-state index contributed by atoms with van der Waals surface area (Å²) < 4.78 is 40.8. The Morgan fingerprint density at radius 3 is 2.54 bits per heavy atom. The molecule has 2 atom stereocenters. The lowest BCUT2D eigenvalue weighted by Crippen LogP contribution is -2.48. The van der Waals surface area contributed by atoms with Gasteiger partial charge in [-0.25, -0.2) is 13.8 Å². The molecule has 3 N–H and O–H groups in total. The van der Waals surface area contributed by atoms with Gasteiger partial charge in [0.05, 0.1) is 43.4 Å². The van der Waals surface area contributed by atoms with Crippen LogP contribution >= 0.6 is 0 Å². The van der Waals surface area contributed by atoms with E-state index in [1.807, 2.05) is 0 Å². The highest BCUT2D eigenvalue weighted by Crippen LogP contribution is 2.40. The first-order valence-corrected chi connectivity index (χ1v) is 13.0. The zero-order valence-corrected chi connectivity index (χ0v) is 23.0. The summed E-state index contributed by atoms with van der Waals surface area (Å²) in [5.74, 6) is -1.41. The van der Waals surface area contributed by atoms with Crippen LogP contribution in [0.25, 0.3) is 22.2 Å². The normalized spacial score (nSPS) is 19.0. The van der Waals surface area contributed by atoms with E-state index in [0.29, 0.717) is 22.3 Å². The lowest BCUT2D eigenvalue weighted by atomic mass is 9.87. The number of aromatic nitrogens is 3. The van der Waals surface area contributed by atoms with E-state index in [-0.39, 0.29) is 47.7 Å². The van der Waals surface area contributed by atoms with E-state index in [0.717, 1.165) is 0 Å². The van der Waals surface area contributed by atoms with E-state index in [1.54, 1.807) is 19.1 Å². The number of rotatable bonds is 7. The van der Waals surface area contributed by atoms with Gasteiger partial charge in [0.2, 0.25) is 0 Å². The number of carbonyl (C=O) groups excluding carboxylic acids is 1. The number of nitrogens with zero attached hydrogens (tertiary/aromatic N) is 3. The highest BCUT2D eigenvalue weighted by Gasteiger charge is 2.48. The first kappa shape index (κ1) is 28.5. The second kappa shape index (κ2) is 10.7. The number of aliphatic hydroxyl groups excluding tert-OH is 1. The molecule has 1 aliphatic heterocycles. The zero-order chi connectivity index (χ0) is 29.5. The van der Waals surface area contributed by atoms with Crippen molar-refractivity contribution >= 4 is 16.8 Å². The summed E-state index contributed by atoms with van der Waals surface area (Å²) in [5.41, 5.74) is -1.60. The van der Waals surface area contributed by atoms with Crippen molar-refractivity contribution in [3.8, 4) is 17.0 Å². The van der Waals surface area contributed by atoms with Crippen LogP contribution in [0.2, 0.25) is 0 Å². The van der Waals surface area contributed by atoms with Crippen molar-refractivity contribution in [2.24, 2.45) is 0 Å². The third-order valence-electron chi connectivity index (χ3n) is 7.23. The maximum absolute atomic E-state index is 15.7. The number of hydrogen-bond donors (Lipinski definition) is 3. The molecule has 11 heteroatoms. The average molecular weight is 565 g/mol. The number of aliphatic hydroxyl groups is 2. The number of halogens is 2. The summed E-state index contributed by atoms with van der Waals surface area (Å²) in [6, 6.07) is 11.4.